The van der Waals surface area contributed by atoms with Gasteiger partial charge in [-0.2, -0.15) is 5.10 Å². The van der Waals surface area contributed by atoms with E-state index in [4.69, 9.17) is 0 Å². The molecule has 1 aromatic heterocycles. The SMILES string of the molecule is O=S1(=O)CC[C@H](NC[C@@H]2CNc3ccnn3C2)C1. The van der Waals surface area contributed by atoms with Crippen LogP contribution in [0, 0.1) is 5.92 Å². The summed E-state index contributed by atoms with van der Waals surface area (Å²) >= 11 is 0. The van der Waals surface area contributed by atoms with Gasteiger partial charge >= 0.3 is 0 Å². The molecule has 2 N–H and O–H groups in total. The highest BCUT2D eigenvalue weighted by Gasteiger charge is 2.28. The smallest absolute Gasteiger partial charge is 0.151 e. The average Bonchev–Trinajstić information content (AvgIpc) is 2.92. The van der Waals surface area contributed by atoms with E-state index in [1.807, 2.05) is 10.7 Å². The van der Waals surface area contributed by atoms with E-state index in [-0.39, 0.29) is 6.04 Å². The molecule has 0 bridgehead atoms. The van der Waals surface area contributed by atoms with Crippen LogP contribution in [0.3, 0.4) is 0 Å². The first-order chi connectivity index (χ1) is 8.62. The lowest BCUT2D eigenvalue weighted by atomic mass is 10.1. The fourth-order valence-corrected chi connectivity index (χ4v) is 4.32. The summed E-state index contributed by atoms with van der Waals surface area (Å²) in [6, 6.07) is 2.10. The zero-order chi connectivity index (χ0) is 12.6. The Labute approximate surface area is 107 Å². The predicted molar refractivity (Wildman–Crippen MR) is 69.3 cm³/mol. The van der Waals surface area contributed by atoms with Gasteiger partial charge in [-0.3, -0.25) is 0 Å². The lowest BCUT2D eigenvalue weighted by Gasteiger charge is -2.26. The van der Waals surface area contributed by atoms with Crippen molar-refractivity contribution in [1.82, 2.24) is 15.1 Å². The maximum absolute atomic E-state index is 11.4. The molecule has 3 heterocycles. The fourth-order valence-electron chi connectivity index (χ4n) is 2.61. The van der Waals surface area contributed by atoms with Crippen LogP contribution < -0.4 is 10.6 Å². The number of rotatable bonds is 3. The third kappa shape index (κ3) is 2.51. The first kappa shape index (κ1) is 12.0. The van der Waals surface area contributed by atoms with Gasteiger partial charge in [0.15, 0.2) is 9.84 Å². The summed E-state index contributed by atoms with van der Waals surface area (Å²) in [7, 11) is -2.78. The van der Waals surface area contributed by atoms with Crippen LogP contribution in [0.2, 0.25) is 0 Å². The second-order valence-corrected chi connectivity index (χ2v) is 7.38. The van der Waals surface area contributed by atoms with Crippen LogP contribution in [0.15, 0.2) is 12.3 Å². The molecule has 18 heavy (non-hydrogen) atoms. The van der Waals surface area contributed by atoms with E-state index >= 15 is 0 Å². The highest BCUT2D eigenvalue weighted by molar-refractivity contribution is 7.91. The van der Waals surface area contributed by atoms with E-state index in [1.54, 1.807) is 6.20 Å². The number of anilines is 1. The van der Waals surface area contributed by atoms with Gasteiger partial charge in [0, 0.05) is 37.7 Å². The van der Waals surface area contributed by atoms with Crippen molar-refractivity contribution < 1.29 is 8.42 Å². The van der Waals surface area contributed by atoms with Crippen molar-refractivity contribution >= 4 is 15.7 Å². The van der Waals surface area contributed by atoms with Gasteiger partial charge in [0.1, 0.15) is 5.82 Å². The van der Waals surface area contributed by atoms with Gasteiger partial charge in [-0.05, 0) is 6.42 Å². The van der Waals surface area contributed by atoms with Crippen LogP contribution in [0.4, 0.5) is 5.82 Å². The summed E-state index contributed by atoms with van der Waals surface area (Å²) in [4.78, 5) is 0. The third-order valence-corrected chi connectivity index (χ3v) is 5.42. The van der Waals surface area contributed by atoms with Crippen molar-refractivity contribution in [2.24, 2.45) is 5.92 Å². The Morgan fingerprint density at radius 2 is 2.44 bits per heavy atom. The molecule has 3 rings (SSSR count). The standard InChI is InChI=1S/C11H18N4O2S/c16-18(17)4-2-10(8-18)12-5-9-6-13-11-1-3-14-15(11)7-9/h1,3,9-10,12-13H,2,4-8H2/t9-,10+/m1/s1. The Bertz CT molecular complexity index is 525. The number of aromatic nitrogens is 2. The molecular weight excluding hydrogens is 252 g/mol. The quantitative estimate of drug-likeness (QED) is 0.789. The maximum atomic E-state index is 11.4. The predicted octanol–water partition coefficient (Wildman–Crippen LogP) is -0.298. The van der Waals surface area contributed by atoms with Gasteiger partial charge in [-0.1, -0.05) is 0 Å². The molecular formula is C11H18N4O2S. The number of fused-ring (bicyclic) bond motifs is 1. The number of hydrogen-bond donors (Lipinski definition) is 2. The molecule has 0 saturated carbocycles. The van der Waals surface area contributed by atoms with Gasteiger partial charge in [0.05, 0.1) is 17.7 Å². The van der Waals surface area contributed by atoms with Crippen LogP contribution in [0.1, 0.15) is 6.42 Å². The van der Waals surface area contributed by atoms with Crippen LogP contribution in [0.25, 0.3) is 0 Å². The van der Waals surface area contributed by atoms with Crippen molar-refractivity contribution in [2.75, 3.05) is 29.9 Å². The summed E-state index contributed by atoms with van der Waals surface area (Å²) < 4.78 is 24.7. The minimum Gasteiger partial charge on any atom is -0.370 e. The van der Waals surface area contributed by atoms with E-state index in [0.717, 1.165) is 31.9 Å². The van der Waals surface area contributed by atoms with E-state index < -0.39 is 9.84 Å². The third-order valence-electron chi connectivity index (χ3n) is 3.65. The monoisotopic (exact) mass is 270 g/mol. The number of hydrogen-bond acceptors (Lipinski definition) is 5. The first-order valence-electron chi connectivity index (χ1n) is 6.32. The summed E-state index contributed by atoms with van der Waals surface area (Å²) in [5.74, 6) is 2.15. The highest BCUT2D eigenvalue weighted by Crippen LogP contribution is 2.17. The van der Waals surface area contributed by atoms with Crippen molar-refractivity contribution in [3.63, 3.8) is 0 Å². The molecule has 1 saturated heterocycles. The van der Waals surface area contributed by atoms with Gasteiger partial charge < -0.3 is 10.6 Å². The number of nitrogens with one attached hydrogen (secondary N) is 2. The lowest BCUT2D eigenvalue weighted by molar-refractivity contribution is 0.375. The van der Waals surface area contributed by atoms with Crippen molar-refractivity contribution in [3.05, 3.63) is 12.3 Å². The van der Waals surface area contributed by atoms with Crippen molar-refractivity contribution in [3.8, 4) is 0 Å². The zero-order valence-corrected chi connectivity index (χ0v) is 11.0. The molecule has 2 aliphatic heterocycles. The van der Waals surface area contributed by atoms with E-state index in [9.17, 15) is 8.42 Å². The molecule has 0 spiro atoms. The molecule has 2 atom stereocenters. The molecule has 0 aromatic carbocycles. The largest absolute Gasteiger partial charge is 0.370 e. The zero-order valence-electron chi connectivity index (χ0n) is 10.2. The Kier molecular flexibility index (Phi) is 3.03. The molecule has 0 unspecified atom stereocenters. The number of sulfone groups is 1. The summed E-state index contributed by atoms with van der Waals surface area (Å²) in [5, 5.41) is 10.9. The molecule has 1 fully saturated rings. The van der Waals surface area contributed by atoms with Crippen molar-refractivity contribution in [2.45, 2.75) is 19.0 Å². The Morgan fingerprint density at radius 3 is 3.22 bits per heavy atom. The van der Waals surface area contributed by atoms with Gasteiger partial charge in [0.25, 0.3) is 0 Å². The Hall–Kier alpha value is -1.08. The molecule has 0 aliphatic carbocycles. The van der Waals surface area contributed by atoms with E-state index in [1.165, 1.54) is 0 Å². The summed E-state index contributed by atoms with van der Waals surface area (Å²) in [5.41, 5.74) is 0. The number of nitrogens with zero attached hydrogens (tertiary/aromatic N) is 2. The van der Waals surface area contributed by atoms with Gasteiger partial charge in [-0.15, -0.1) is 0 Å². The first-order valence-corrected chi connectivity index (χ1v) is 8.14. The van der Waals surface area contributed by atoms with Crippen LogP contribution in [0.5, 0.6) is 0 Å². The minimum atomic E-state index is -2.78. The summed E-state index contributed by atoms with van der Waals surface area (Å²) in [6.07, 6.45) is 2.54. The molecule has 100 valence electrons. The van der Waals surface area contributed by atoms with E-state index in [0.29, 0.717) is 17.4 Å². The normalized spacial score (nSPS) is 29.8. The average molecular weight is 270 g/mol. The maximum Gasteiger partial charge on any atom is 0.151 e. The lowest BCUT2D eigenvalue weighted by Crippen LogP contribution is -2.40. The summed E-state index contributed by atoms with van der Waals surface area (Å²) in [6.45, 7) is 2.65. The van der Waals surface area contributed by atoms with E-state index in [2.05, 4.69) is 15.7 Å². The molecule has 2 aliphatic rings. The second kappa shape index (κ2) is 4.55. The fraction of sp³-hybridized carbons (Fsp3) is 0.727. The Balaban J connectivity index is 1.51. The van der Waals surface area contributed by atoms with Crippen LogP contribution in [-0.4, -0.2) is 48.8 Å². The second-order valence-electron chi connectivity index (χ2n) is 5.15. The Morgan fingerprint density at radius 1 is 1.56 bits per heavy atom. The minimum absolute atomic E-state index is 0.133. The van der Waals surface area contributed by atoms with Gasteiger partial charge in [0.2, 0.25) is 0 Å². The topological polar surface area (TPSA) is 76.0 Å². The van der Waals surface area contributed by atoms with Crippen LogP contribution >= 0.6 is 0 Å². The highest BCUT2D eigenvalue weighted by atomic mass is 32.2. The van der Waals surface area contributed by atoms with Gasteiger partial charge in [-0.25, -0.2) is 13.1 Å². The van der Waals surface area contributed by atoms with Crippen LogP contribution in [-0.2, 0) is 16.4 Å². The molecule has 0 radical (unpaired) electrons. The molecule has 7 heteroatoms. The van der Waals surface area contributed by atoms with Crippen molar-refractivity contribution in [1.29, 1.82) is 0 Å². The molecule has 6 nitrogen and oxygen atoms in total. The molecule has 1 aromatic rings. The molecule has 0 amide bonds.